The van der Waals surface area contributed by atoms with Crippen molar-refractivity contribution in [2.45, 2.75) is 168 Å². The van der Waals surface area contributed by atoms with E-state index in [1.165, 1.54) is 51.4 Å². The van der Waals surface area contributed by atoms with Gasteiger partial charge in [0.05, 0.1) is 13.2 Å². The van der Waals surface area contributed by atoms with Crippen LogP contribution in [0.25, 0.3) is 0 Å². The zero-order valence-corrected chi connectivity index (χ0v) is 34.8. The fourth-order valence-corrected chi connectivity index (χ4v) is 5.99. The number of ether oxygens (including phenoxy) is 1. The number of rotatable bonds is 38. The van der Waals surface area contributed by atoms with E-state index in [4.69, 9.17) is 13.8 Å². The topological polar surface area (TPSA) is 131 Å². The Kier molecular flexibility index (Phi) is 38.2. The molecular weight excluding hydrogens is 701 g/mol. The fraction of sp³-hybridized carbons (Fsp3) is 0.682. The molecule has 3 N–H and O–H groups in total. The second-order valence-corrected chi connectivity index (χ2v) is 15.0. The zero-order chi connectivity index (χ0) is 39.6. The first kappa shape index (κ1) is 51.5. The Morgan fingerprint density at radius 1 is 0.593 bits per heavy atom. The van der Waals surface area contributed by atoms with Crippen molar-refractivity contribution in [1.29, 1.82) is 0 Å². The number of aliphatic hydroxyl groups excluding tert-OH is 1. The first-order valence-corrected chi connectivity index (χ1v) is 22.4. The van der Waals surface area contributed by atoms with Crippen LogP contribution >= 0.6 is 7.82 Å². The molecule has 0 aromatic rings. The minimum Gasteiger partial charge on any atom is -0.463 e. The molecule has 0 rings (SSSR count). The van der Waals surface area contributed by atoms with Crippen molar-refractivity contribution in [2.75, 3.05) is 26.4 Å². The molecule has 0 saturated heterocycles. The molecule has 0 aliphatic heterocycles. The van der Waals surface area contributed by atoms with E-state index < -0.39 is 26.5 Å². The fourth-order valence-electron chi connectivity index (χ4n) is 5.23. The summed E-state index contributed by atoms with van der Waals surface area (Å²) in [5.74, 6) is -0.590. The van der Waals surface area contributed by atoms with Gasteiger partial charge in [0.25, 0.3) is 0 Å². The van der Waals surface area contributed by atoms with Gasteiger partial charge >= 0.3 is 13.8 Å². The molecule has 10 heteroatoms. The third kappa shape index (κ3) is 40.6. The normalized spacial score (nSPS) is 14.1. The highest BCUT2D eigenvalue weighted by Crippen LogP contribution is 2.42. The van der Waals surface area contributed by atoms with E-state index in [1.807, 2.05) is 0 Å². The van der Waals surface area contributed by atoms with Gasteiger partial charge < -0.3 is 20.1 Å². The lowest BCUT2D eigenvalue weighted by Crippen LogP contribution is -2.27. The highest BCUT2D eigenvalue weighted by atomic mass is 31.2. The molecular formula is C44H76NO8P. The van der Waals surface area contributed by atoms with E-state index in [-0.39, 0.29) is 32.1 Å². The van der Waals surface area contributed by atoms with Crippen molar-refractivity contribution in [1.82, 2.24) is 5.32 Å². The zero-order valence-electron chi connectivity index (χ0n) is 33.9. The van der Waals surface area contributed by atoms with Crippen LogP contribution in [0.15, 0.2) is 72.9 Å². The summed E-state index contributed by atoms with van der Waals surface area (Å²) in [6.45, 7) is 3.34. The summed E-state index contributed by atoms with van der Waals surface area (Å²) in [6.07, 6.45) is 48.4. The Morgan fingerprint density at radius 3 is 1.65 bits per heavy atom. The van der Waals surface area contributed by atoms with Crippen LogP contribution < -0.4 is 5.32 Å². The standard InChI is InChI=1S/C44H76NO8P/c1-3-5-7-9-11-13-15-17-19-21-22-24-26-28-30-32-34-36-43(47)45-38-39-52-54(49,50)53-41-42(46)40-51-44(48)37-35-33-31-29-27-25-23-20-18-16-14-12-10-8-6-4-2/h5,7,11,13,17,19-20,22-24,28,30,42,46H,3-4,6,8-10,12,14-16,18,21,25-27,29,31-41H2,1-2H3,(H,45,47)(H,49,50)/b7-5-,13-11-,19-17-,23-20-,24-22-,30-28-. The van der Waals surface area contributed by atoms with Gasteiger partial charge in [-0.25, -0.2) is 4.57 Å². The van der Waals surface area contributed by atoms with E-state index in [1.54, 1.807) is 0 Å². The maximum Gasteiger partial charge on any atom is 0.472 e. The second-order valence-electron chi connectivity index (χ2n) is 13.6. The maximum absolute atomic E-state index is 12.1. The summed E-state index contributed by atoms with van der Waals surface area (Å²) in [5.41, 5.74) is 0. The summed E-state index contributed by atoms with van der Waals surface area (Å²) in [4.78, 5) is 33.8. The van der Waals surface area contributed by atoms with Crippen LogP contribution in [-0.2, 0) is 27.9 Å². The Bertz CT molecular complexity index is 1110. The van der Waals surface area contributed by atoms with Crippen LogP contribution in [0.1, 0.15) is 162 Å². The lowest BCUT2D eigenvalue weighted by molar-refractivity contribution is -0.147. The minimum absolute atomic E-state index is 0.0466. The number of amides is 1. The molecule has 0 aromatic heterocycles. The van der Waals surface area contributed by atoms with E-state index in [9.17, 15) is 24.2 Å². The van der Waals surface area contributed by atoms with Crippen LogP contribution in [0.5, 0.6) is 0 Å². The second kappa shape index (κ2) is 40.1. The van der Waals surface area contributed by atoms with Crippen LogP contribution in [-0.4, -0.2) is 54.3 Å². The van der Waals surface area contributed by atoms with Gasteiger partial charge in [0.2, 0.25) is 5.91 Å². The SMILES string of the molecule is CC/C=C\C/C=C\C/C=C\C/C=C\C/C=C\CCCC(=O)NCCOP(=O)(O)OCC(O)COC(=O)CCCCCCC/C=C\CCCCCCCCC. The monoisotopic (exact) mass is 778 g/mol. The summed E-state index contributed by atoms with van der Waals surface area (Å²) in [7, 11) is -4.44. The van der Waals surface area contributed by atoms with Crippen LogP contribution in [0.2, 0.25) is 0 Å². The van der Waals surface area contributed by atoms with E-state index in [0.717, 1.165) is 77.0 Å². The van der Waals surface area contributed by atoms with Crippen molar-refractivity contribution in [3.63, 3.8) is 0 Å². The van der Waals surface area contributed by atoms with Crippen molar-refractivity contribution < 1.29 is 37.9 Å². The number of allylic oxidation sites excluding steroid dienone is 12. The molecule has 0 fully saturated rings. The van der Waals surface area contributed by atoms with Crippen molar-refractivity contribution in [2.24, 2.45) is 0 Å². The predicted octanol–water partition coefficient (Wildman–Crippen LogP) is 11.5. The number of hydrogen-bond acceptors (Lipinski definition) is 7. The summed E-state index contributed by atoms with van der Waals surface area (Å²) in [6, 6.07) is 0. The molecule has 2 unspecified atom stereocenters. The Hall–Kier alpha value is -2.55. The molecule has 0 aliphatic carbocycles. The van der Waals surface area contributed by atoms with Crippen LogP contribution in [0.4, 0.5) is 0 Å². The van der Waals surface area contributed by atoms with E-state index >= 15 is 0 Å². The van der Waals surface area contributed by atoms with Crippen molar-refractivity contribution in [3.05, 3.63) is 72.9 Å². The van der Waals surface area contributed by atoms with Crippen molar-refractivity contribution >= 4 is 19.7 Å². The third-order valence-electron chi connectivity index (χ3n) is 8.37. The number of carbonyl (C=O) groups excluding carboxylic acids is 2. The summed E-state index contributed by atoms with van der Waals surface area (Å²) in [5, 5.41) is 12.6. The van der Waals surface area contributed by atoms with Gasteiger partial charge in [0.1, 0.15) is 12.7 Å². The Balaban J connectivity index is 3.71. The van der Waals surface area contributed by atoms with Crippen LogP contribution in [0.3, 0.4) is 0 Å². The number of carbonyl (C=O) groups is 2. The number of phosphoric ester groups is 1. The molecule has 0 spiro atoms. The molecule has 1 amide bonds. The maximum atomic E-state index is 12.1. The van der Waals surface area contributed by atoms with Gasteiger partial charge in [0, 0.05) is 19.4 Å². The number of aliphatic hydroxyl groups is 1. The van der Waals surface area contributed by atoms with Gasteiger partial charge in [-0.1, -0.05) is 145 Å². The number of unbranched alkanes of at least 4 members (excludes halogenated alkanes) is 13. The first-order chi connectivity index (χ1) is 26.3. The first-order valence-electron chi connectivity index (χ1n) is 20.9. The number of nitrogens with one attached hydrogen (secondary N) is 1. The third-order valence-corrected chi connectivity index (χ3v) is 9.35. The quantitative estimate of drug-likeness (QED) is 0.0244. The molecule has 0 bridgehead atoms. The van der Waals surface area contributed by atoms with E-state index in [0.29, 0.717) is 12.8 Å². The average molecular weight is 778 g/mol. The minimum atomic E-state index is -4.44. The average Bonchev–Trinajstić information content (AvgIpc) is 3.16. The molecule has 2 atom stereocenters. The number of phosphoric acid groups is 1. The Morgan fingerprint density at radius 2 is 1.07 bits per heavy atom. The molecule has 0 saturated carbocycles. The molecule has 9 nitrogen and oxygen atoms in total. The van der Waals surface area contributed by atoms with Gasteiger partial charge in [-0.2, -0.15) is 0 Å². The van der Waals surface area contributed by atoms with Gasteiger partial charge in [-0.15, -0.1) is 0 Å². The predicted molar refractivity (Wildman–Crippen MR) is 224 cm³/mol. The molecule has 54 heavy (non-hydrogen) atoms. The number of hydrogen-bond donors (Lipinski definition) is 3. The highest BCUT2D eigenvalue weighted by molar-refractivity contribution is 7.47. The summed E-state index contributed by atoms with van der Waals surface area (Å²) < 4.78 is 26.8. The Labute approximate surface area is 329 Å². The largest absolute Gasteiger partial charge is 0.472 e. The number of esters is 1. The molecule has 0 radical (unpaired) electrons. The van der Waals surface area contributed by atoms with E-state index in [2.05, 4.69) is 92.1 Å². The van der Waals surface area contributed by atoms with Gasteiger partial charge in [-0.05, 0) is 77.0 Å². The molecule has 0 aromatic carbocycles. The molecule has 310 valence electrons. The molecule has 0 heterocycles. The summed E-state index contributed by atoms with van der Waals surface area (Å²) >= 11 is 0. The molecule has 0 aliphatic rings. The van der Waals surface area contributed by atoms with Gasteiger partial charge in [0.15, 0.2) is 0 Å². The van der Waals surface area contributed by atoms with Crippen LogP contribution in [0, 0.1) is 0 Å². The van der Waals surface area contributed by atoms with Gasteiger partial charge in [-0.3, -0.25) is 18.6 Å². The smallest absolute Gasteiger partial charge is 0.463 e. The lowest BCUT2D eigenvalue weighted by atomic mass is 10.1. The lowest BCUT2D eigenvalue weighted by Gasteiger charge is -2.15. The highest BCUT2D eigenvalue weighted by Gasteiger charge is 2.23. The van der Waals surface area contributed by atoms with Crippen molar-refractivity contribution in [3.8, 4) is 0 Å².